The van der Waals surface area contributed by atoms with Crippen molar-refractivity contribution in [1.82, 2.24) is 5.06 Å². The zero-order chi connectivity index (χ0) is 25.3. The predicted octanol–water partition coefficient (Wildman–Crippen LogP) is 5.84. The Bertz CT molecular complexity index is 971. The number of carbonyl (C=O) groups excluding carboxylic acids is 1. The molecular formula is C21H16F9NO3. The summed E-state index contributed by atoms with van der Waals surface area (Å²) >= 11 is 0. The molecule has 0 saturated carbocycles. The van der Waals surface area contributed by atoms with Crippen LogP contribution in [-0.4, -0.2) is 36.9 Å². The van der Waals surface area contributed by atoms with Crippen LogP contribution in [0.5, 0.6) is 5.75 Å². The zero-order valence-electron chi connectivity index (χ0n) is 17.0. The van der Waals surface area contributed by atoms with Gasteiger partial charge >= 0.3 is 24.5 Å². The molecule has 0 amide bonds. The number of nitrogens with zero attached hydrogens (tertiary/aromatic N) is 1. The average Bonchev–Trinajstić information content (AvgIpc) is 3.13. The molecule has 2 aromatic rings. The van der Waals surface area contributed by atoms with Gasteiger partial charge in [0.15, 0.2) is 0 Å². The molecule has 34 heavy (non-hydrogen) atoms. The maximum atomic E-state index is 13.1. The van der Waals surface area contributed by atoms with E-state index in [4.69, 9.17) is 4.74 Å². The van der Waals surface area contributed by atoms with Crippen LogP contribution in [0.3, 0.4) is 0 Å². The van der Waals surface area contributed by atoms with Crippen LogP contribution >= 0.6 is 0 Å². The van der Waals surface area contributed by atoms with Crippen molar-refractivity contribution in [3.8, 4) is 5.75 Å². The van der Waals surface area contributed by atoms with Crippen molar-refractivity contribution < 1.29 is 53.9 Å². The molecule has 4 nitrogen and oxygen atoms in total. The molecule has 1 fully saturated rings. The lowest BCUT2D eigenvalue weighted by Crippen LogP contribution is -2.34. The third-order valence-corrected chi connectivity index (χ3v) is 5.10. The number of hydrogen-bond donors (Lipinski definition) is 0. The van der Waals surface area contributed by atoms with Gasteiger partial charge in [0, 0.05) is 24.9 Å². The van der Waals surface area contributed by atoms with Crippen molar-refractivity contribution in [2.24, 2.45) is 5.92 Å². The molecule has 1 aliphatic heterocycles. The molecule has 0 N–H and O–H groups in total. The van der Waals surface area contributed by atoms with Crippen LogP contribution in [-0.2, 0) is 22.0 Å². The molecule has 1 saturated heterocycles. The van der Waals surface area contributed by atoms with E-state index >= 15 is 0 Å². The SMILES string of the molecule is O=C(ON1CC(COc2cc(C(F)(F)F)cc(C(F)(F)F)c2)C(c2ccccc2)C1)C(F)(F)F. The topological polar surface area (TPSA) is 38.8 Å². The van der Waals surface area contributed by atoms with E-state index in [1.54, 1.807) is 30.3 Å². The Balaban J connectivity index is 1.82. The molecule has 2 aromatic carbocycles. The summed E-state index contributed by atoms with van der Waals surface area (Å²) < 4.78 is 121. The maximum Gasteiger partial charge on any atom is 0.492 e. The third-order valence-electron chi connectivity index (χ3n) is 5.10. The first-order valence-corrected chi connectivity index (χ1v) is 9.66. The third kappa shape index (κ3) is 6.33. The first-order valence-electron chi connectivity index (χ1n) is 9.66. The van der Waals surface area contributed by atoms with Crippen molar-refractivity contribution >= 4 is 5.97 Å². The Morgan fingerprint density at radius 3 is 1.91 bits per heavy atom. The van der Waals surface area contributed by atoms with Crippen molar-refractivity contribution in [1.29, 1.82) is 0 Å². The number of carbonyl (C=O) groups is 1. The molecule has 0 spiro atoms. The molecule has 3 rings (SSSR count). The van der Waals surface area contributed by atoms with Crippen molar-refractivity contribution in [3.63, 3.8) is 0 Å². The number of benzene rings is 2. The van der Waals surface area contributed by atoms with Gasteiger partial charge in [0.1, 0.15) is 5.75 Å². The Kier molecular flexibility index (Phi) is 7.06. The Morgan fingerprint density at radius 2 is 1.41 bits per heavy atom. The molecule has 1 aliphatic rings. The highest BCUT2D eigenvalue weighted by molar-refractivity contribution is 5.75. The summed E-state index contributed by atoms with van der Waals surface area (Å²) in [6.45, 7) is -0.916. The number of hydrogen-bond acceptors (Lipinski definition) is 4. The van der Waals surface area contributed by atoms with Gasteiger partial charge < -0.3 is 9.57 Å². The molecular weight excluding hydrogens is 485 g/mol. The Morgan fingerprint density at radius 1 is 0.853 bits per heavy atom. The fourth-order valence-electron chi connectivity index (χ4n) is 3.53. The van der Waals surface area contributed by atoms with Gasteiger partial charge in [-0.3, -0.25) is 0 Å². The molecule has 186 valence electrons. The number of hydroxylamine groups is 2. The molecule has 0 aliphatic carbocycles. The van der Waals surface area contributed by atoms with E-state index in [2.05, 4.69) is 4.84 Å². The summed E-state index contributed by atoms with van der Waals surface area (Å²) in [6, 6.07) is 8.99. The smallest absolute Gasteiger partial charge is 0.492 e. The van der Waals surface area contributed by atoms with E-state index in [9.17, 15) is 44.3 Å². The van der Waals surface area contributed by atoms with Crippen LogP contribution in [0.15, 0.2) is 48.5 Å². The summed E-state index contributed by atoms with van der Waals surface area (Å²) in [5, 5.41) is 0.745. The van der Waals surface area contributed by atoms with Crippen LogP contribution in [0.4, 0.5) is 39.5 Å². The van der Waals surface area contributed by atoms with E-state index in [0.29, 0.717) is 17.7 Å². The fraction of sp³-hybridized carbons (Fsp3) is 0.381. The highest BCUT2D eigenvalue weighted by Gasteiger charge is 2.45. The second-order valence-corrected chi connectivity index (χ2v) is 7.55. The summed E-state index contributed by atoms with van der Waals surface area (Å²) in [4.78, 5) is 15.5. The Labute approximate surface area is 186 Å². The first kappa shape index (κ1) is 25.7. The summed E-state index contributed by atoms with van der Waals surface area (Å²) in [6.07, 6.45) is -15.4. The number of alkyl halides is 9. The van der Waals surface area contributed by atoms with Gasteiger partial charge in [0.25, 0.3) is 0 Å². The molecule has 0 bridgehead atoms. The van der Waals surface area contributed by atoms with Crippen LogP contribution in [0.1, 0.15) is 22.6 Å². The van der Waals surface area contributed by atoms with E-state index in [-0.39, 0.29) is 19.2 Å². The second kappa shape index (κ2) is 9.35. The second-order valence-electron chi connectivity index (χ2n) is 7.55. The van der Waals surface area contributed by atoms with Crippen molar-refractivity contribution in [3.05, 3.63) is 65.2 Å². The lowest BCUT2D eigenvalue weighted by molar-refractivity contribution is -0.235. The van der Waals surface area contributed by atoms with Gasteiger partial charge in [-0.05, 0) is 23.8 Å². The van der Waals surface area contributed by atoms with Gasteiger partial charge in [-0.15, -0.1) is 5.06 Å². The zero-order valence-corrected chi connectivity index (χ0v) is 17.0. The van der Waals surface area contributed by atoms with E-state index < -0.39 is 59.8 Å². The van der Waals surface area contributed by atoms with Gasteiger partial charge in [-0.1, -0.05) is 30.3 Å². The number of rotatable bonds is 5. The van der Waals surface area contributed by atoms with Crippen LogP contribution in [0.25, 0.3) is 0 Å². The summed E-state index contributed by atoms with van der Waals surface area (Å²) in [5.74, 6) is -4.45. The normalized spacial score (nSPS) is 19.8. The quantitative estimate of drug-likeness (QED) is 0.483. The van der Waals surface area contributed by atoms with Gasteiger partial charge in [0.2, 0.25) is 0 Å². The van der Waals surface area contributed by atoms with E-state index in [1.165, 1.54) is 0 Å². The lowest BCUT2D eigenvalue weighted by atomic mass is 9.89. The summed E-state index contributed by atoms with van der Waals surface area (Å²) in [5.41, 5.74) is -2.52. The highest BCUT2D eigenvalue weighted by Crippen LogP contribution is 2.39. The predicted molar refractivity (Wildman–Crippen MR) is 98.3 cm³/mol. The standard InChI is InChI=1S/C21H16F9NO3/c22-19(23,24)14-6-15(20(25,26)27)8-16(7-14)33-11-13-9-31(34-18(32)21(28,29)30)10-17(13)12-4-2-1-3-5-12/h1-8,13,17H,9-11H2. The maximum absolute atomic E-state index is 13.1. The van der Waals surface area contributed by atoms with Crippen molar-refractivity contribution in [2.45, 2.75) is 24.4 Å². The van der Waals surface area contributed by atoms with Crippen LogP contribution in [0.2, 0.25) is 0 Å². The first-order chi connectivity index (χ1) is 15.6. The average molecular weight is 501 g/mol. The highest BCUT2D eigenvalue weighted by atomic mass is 19.4. The molecule has 0 radical (unpaired) electrons. The largest absolute Gasteiger partial charge is 0.493 e. The monoisotopic (exact) mass is 501 g/mol. The van der Waals surface area contributed by atoms with Crippen LogP contribution in [0, 0.1) is 5.92 Å². The fourth-order valence-corrected chi connectivity index (χ4v) is 3.53. The van der Waals surface area contributed by atoms with Gasteiger partial charge in [-0.25, -0.2) is 4.79 Å². The van der Waals surface area contributed by atoms with E-state index in [0.717, 1.165) is 5.06 Å². The number of ether oxygens (including phenoxy) is 1. The lowest BCUT2D eigenvalue weighted by Gasteiger charge is -2.20. The number of halogens is 9. The van der Waals surface area contributed by atoms with Crippen LogP contribution < -0.4 is 4.74 Å². The van der Waals surface area contributed by atoms with Gasteiger partial charge in [-0.2, -0.15) is 39.5 Å². The molecule has 0 aromatic heterocycles. The molecule has 13 heteroatoms. The molecule has 1 heterocycles. The minimum atomic E-state index is -5.25. The molecule has 2 unspecified atom stereocenters. The summed E-state index contributed by atoms with van der Waals surface area (Å²) in [7, 11) is 0. The van der Waals surface area contributed by atoms with Gasteiger partial charge in [0.05, 0.1) is 17.7 Å². The van der Waals surface area contributed by atoms with Crippen molar-refractivity contribution in [2.75, 3.05) is 19.7 Å². The minimum absolute atomic E-state index is 0.0481. The molecule has 2 atom stereocenters. The Hall–Kier alpha value is -2.96. The van der Waals surface area contributed by atoms with E-state index in [1.807, 2.05) is 0 Å². The minimum Gasteiger partial charge on any atom is -0.493 e.